The predicted molar refractivity (Wildman–Crippen MR) is 97.4 cm³/mol. The molecule has 0 spiro atoms. The number of hydrogen-bond acceptors (Lipinski definition) is 6. The van der Waals surface area contributed by atoms with E-state index in [9.17, 15) is 29.4 Å². The third-order valence-corrected chi connectivity index (χ3v) is 7.21. The van der Waals surface area contributed by atoms with Crippen molar-refractivity contribution >= 4 is 23.1 Å². The predicted octanol–water partition coefficient (Wildman–Crippen LogP) is 2.00. The van der Waals surface area contributed by atoms with E-state index in [1.54, 1.807) is 0 Å². The van der Waals surface area contributed by atoms with Crippen LogP contribution in [0, 0.1) is 23.7 Å². The molecule has 6 nitrogen and oxygen atoms in total. The van der Waals surface area contributed by atoms with Crippen molar-refractivity contribution in [2.45, 2.75) is 50.7 Å². The summed E-state index contributed by atoms with van der Waals surface area (Å²) >= 11 is 0. The first-order valence-corrected chi connectivity index (χ1v) is 10.1. The second kappa shape index (κ2) is 6.16. The molecule has 2 saturated carbocycles. The van der Waals surface area contributed by atoms with Crippen LogP contribution in [-0.2, 0) is 0 Å². The maximum absolute atomic E-state index is 13.1. The van der Waals surface area contributed by atoms with Crippen molar-refractivity contribution in [2.75, 3.05) is 0 Å². The Hall–Kier alpha value is -2.18. The van der Waals surface area contributed by atoms with Gasteiger partial charge in [0.05, 0.1) is 12.2 Å². The van der Waals surface area contributed by atoms with Crippen LogP contribution < -0.4 is 0 Å². The van der Waals surface area contributed by atoms with E-state index in [0.29, 0.717) is 25.7 Å². The molecular weight excluding hydrogens is 360 g/mol. The zero-order valence-corrected chi connectivity index (χ0v) is 15.4. The lowest BCUT2D eigenvalue weighted by molar-refractivity contribution is 0.0436. The third kappa shape index (κ3) is 2.40. The number of hydrogen-bond donors (Lipinski definition) is 2. The summed E-state index contributed by atoms with van der Waals surface area (Å²) < 4.78 is 0. The summed E-state index contributed by atoms with van der Waals surface area (Å²) in [7, 11) is 0. The van der Waals surface area contributed by atoms with E-state index in [2.05, 4.69) is 0 Å². The Morgan fingerprint density at radius 3 is 1.21 bits per heavy atom. The molecule has 0 bridgehead atoms. The summed E-state index contributed by atoms with van der Waals surface area (Å²) in [5.74, 6) is -2.76. The van der Waals surface area contributed by atoms with Gasteiger partial charge in [-0.25, -0.2) is 0 Å². The van der Waals surface area contributed by atoms with Crippen molar-refractivity contribution in [1.82, 2.24) is 0 Å². The molecule has 0 amide bonds. The molecule has 0 radical (unpaired) electrons. The quantitative estimate of drug-likeness (QED) is 0.710. The average Bonchev–Trinajstić information content (AvgIpc) is 2.69. The molecule has 1 aromatic carbocycles. The molecule has 6 unspecified atom stereocenters. The van der Waals surface area contributed by atoms with E-state index < -0.39 is 35.9 Å². The fraction of sp³-hybridized carbons (Fsp3) is 0.545. The van der Waals surface area contributed by atoms with Gasteiger partial charge in [-0.05, 0) is 50.7 Å². The van der Waals surface area contributed by atoms with E-state index in [1.807, 2.05) is 0 Å². The highest BCUT2D eigenvalue weighted by Crippen LogP contribution is 2.44. The second-order valence-corrected chi connectivity index (χ2v) is 8.76. The summed E-state index contributed by atoms with van der Waals surface area (Å²) in [6.07, 6.45) is 1.23. The van der Waals surface area contributed by atoms with Crippen LogP contribution in [0.3, 0.4) is 0 Å². The van der Waals surface area contributed by atoms with Gasteiger partial charge in [-0.15, -0.1) is 0 Å². The zero-order valence-electron chi connectivity index (χ0n) is 15.4. The minimum Gasteiger partial charge on any atom is -0.393 e. The first-order chi connectivity index (χ1) is 13.4. The first-order valence-electron chi connectivity index (χ1n) is 10.1. The minimum absolute atomic E-state index is 0.157. The molecule has 6 atom stereocenters. The van der Waals surface area contributed by atoms with Crippen molar-refractivity contribution in [3.8, 4) is 0 Å². The molecule has 2 N–H and O–H groups in total. The van der Waals surface area contributed by atoms with Crippen molar-refractivity contribution in [2.24, 2.45) is 23.7 Å². The lowest BCUT2D eigenvalue weighted by atomic mass is 9.63. The van der Waals surface area contributed by atoms with Gasteiger partial charge >= 0.3 is 0 Å². The normalized spacial score (nSPS) is 37.1. The second-order valence-electron chi connectivity index (χ2n) is 8.76. The fourth-order valence-electron chi connectivity index (χ4n) is 5.72. The average molecular weight is 382 g/mol. The van der Waals surface area contributed by atoms with Gasteiger partial charge in [0.2, 0.25) is 0 Å². The third-order valence-electron chi connectivity index (χ3n) is 7.21. The number of aliphatic hydroxyl groups is 2. The monoisotopic (exact) mass is 382 g/mol. The lowest BCUT2D eigenvalue weighted by Gasteiger charge is -2.39. The van der Waals surface area contributed by atoms with E-state index >= 15 is 0 Å². The van der Waals surface area contributed by atoms with Crippen LogP contribution in [0.4, 0.5) is 0 Å². The van der Waals surface area contributed by atoms with E-state index in [4.69, 9.17) is 0 Å². The van der Waals surface area contributed by atoms with E-state index in [-0.39, 0.29) is 58.2 Å². The molecule has 0 saturated heterocycles. The molecule has 146 valence electrons. The smallest absolute Gasteiger partial charge is 0.167 e. The Labute approximate surface area is 161 Å². The van der Waals surface area contributed by atoms with Gasteiger partial charge in [0, 0.05) is 45.9 Å². The van der Waals surface area contributed by atoms with Crippen molar-refractivity contribution in [3.63, 3.8) is 0 Å². The summed E-state index contributed by atoms with van der Waals surface area (Å²) in [6.45, 7) is 0. The highest BCUT2D eigenvalue weighted by atomic mass is 16.3. The molecule has 0 aromatic heterocycles. The molecule has 2 fully saturated rings. The van der Waals surface area contributed by atoms with Gasteiger partial charge in [0.25, 0.3) is 0 Å². The highest BCUT2D eigenvalue weighted by Gasteiger charge is 2.48. The van der Waals surface area contributed by atoms with E-state index in [0.717, 1.165) is 0 Å². The largest absolute Gasteiger partial charge is 0.393 e. The number of benzene rings is 1. The first kappa shape index (κ1) is 17.9. The molecule has 6 heteroatoms. The maximum atomic E-state index is 13.1. The summed E-state index contributed by atoms with van der Waals surface area (Å²) in [5.41, 5.74) is 0.902. The van der Waals surface area contributed by atoms with Gasteiger partial charge in [-0.2, -0.15) is 0 Å². The molecule has 4 aliphatic carbocycles. The van der Waals surface area contributed by atoms with Crippen LogP contribution in [0.1, 0.15) is 80.0 Å². The van der Waals surface area contributed by atoms with Gasteiger partial charge < -0.3 is 10.2 Å². The van der Waals surface area contributed by atoms with Crippen LogP contribution >= 0.6 is 0 Å². The van der Waals surface area contributed by atoms with Crippen molar-refractivity contribution in [1.29, 1.82) is 0 Å². The Kier molecular flexibility index (Phi) is 3.93. The minimum atomic E-state index is -0.593. The van der Waals surface area contributed by atoms with Crippen LogP contribution in [-0.4, -0.2) is 45.6 Å². The van der Waals surface area contributed by atoms with Gasteiger partial charge in [-0.3, -0.25) is 19.2 Å². The standard InChI is InChI=1S/C22H22O6/c23-9-1-3-11-13(5-9)21(27)17-8-18-16(7-15(17)19(11)25)20(26)12-4-2-10(24)6-14(12)22(18)28/h7-14,23-24H,1-6H2. The Morgan fingerprint density at radius 1 is 0.536 bits per heavy atom. The number of carbonyl (C=O) groups excluding carboxylic acids is 4. The van der Waals surface area contributed by atoms with Gasteiger partial charge in [-0.1, -0.05) is 0 Å². The number of fused-ring (bicyclic) bond motifs is 4. The van der Waals surface area contributed by atoms with Crippen LogP contribution in [0.2, 0.25) is 0 Å². The Balaban J connectivity index is 1.63. The molecular formula is C22H22O6. The zero-order chi connectivity index (χ0) is 19.7. The Bertz CT molecular complexity index is 860. The molecule has 5 rings (SSSR count). The fourth-order valence-corrected chi connectivity index (χ4v) is 5.72. The maximum Gasteiger partial charge on any atom is 0.167 e. The molecule has 4 aliphatic rings. The summed E-state index contributed by atoms with van der Waals surface area (Å²) in [5, 5.41) is 19.9. The lowest BCUT2D eigenvalue weighted by Crippen LogP contribution is -2.44. The van der Waals surface area contributed by atoms with Crippen LogP contribution in [0.5, 0.6) is 0 Å². The number of ketones is 4. The van der Waals surface area contributed by atoms with Crippen molar-refractivity contribution in [3.05, 3.63) is 34.4 Å². The van der Waals surface area contributed by atoms with Crippen molar-refractivity contribution < 1.29 is 29.4 Å². The molecule has 0 aliphatic heterocycles. The molecule has 28 heavy (non-hydrogen) atoms. The summed E-state index contributed by atoms with van der Waals surface area (Å²) in [6, 6.07) is 2.90. The van der Waals surface area contributed by atoms with E-state index in [1.165, 1.54) is 12.1 Å². The van der Waals surface area contributed by atoms with Crippen LogP contribution in [0.25, 0.3) is 0 Å². The molecule has 1 aromatic rings. The topological polar surface area (TPSA) is 109 Å². The van der Waals surface area contributed by atoms with Crippen LogP contribution in [0.15, 0.2) is 12.1 Å². The van der Waals surface area contributed by atoms with Gasteiger partial charge in [0.15, 0.2) is 23.1 Å². The molecule has 0 heterocycles. The van der Waals surface area contributed by atoms with Gasteiger partial charge in [0.1, 0.15) is 0 Å². The SMILES string of the molecule is O=C1c2cc3c(cc2C(=O)C2CC(O)CCC12)C(=O)C1CC(O)CCC1C3=O. The highest BCUT2D eigenvalue weighted by molar-refractivity contribution is 6.22. The number of rotatable bonds is 0. The number of carbonyl (C=O) groups is 4. The summed E-state index contributed by atoms with van der Waals surface area (Å²) in [4.78, 5) is 52.2. The number of aliphatic hydroxyl groups excluding tert-OH is 2. The number of Topliss-reactive ketones (excluding diaryl/α,β-unsaturated/α-hetero) is 4. The Morgan fingerprint density at radius 2 is 0.857 bits per heavy atom.